The standard InChI is InChI=1S/C20H27N3O3S/c1-3-23(4-2)17(15-8-11-27-14-15)13-21-20(24)22-16-6-7-18-19(12-16)26-10-5-9-25-18/h6-8,11-12,14,17H,3-5,9-10,13H2,1-2H3,(H2,21,22,24)/t17-/m1/s1. The first kappa shape index (κ1) is 19.5. The average molecular weight is 390 g/mol. The molecule has 3 rings (SSSR count). The van der Waals surface area contributed by atoms with Crippen molar-refractivity contribution in [2.24, 2.45) is 0 Å². The number of benzene rings is 1. The number of likely N-dealkylation sites (N-methyl/N-ethyl adjacent to an activating group) is 1. The van der Waals surface area contributed by atoms with Gasteiger partial charge in [-0.3, -0.25) is 4.90 Å². The Kier molecular flexibility index (Phi) is 6.95. The van der Waals surface area contributed by atoms with Crippen LogP contribution >= 0.6 is 11.3 Å². The number of ether oxygens (including phenoxy) is 2. The molecular weight excluding hydrogens is 362 g/mol. The lowest BCUT2D eigenvalue weighted by atomic mass is 10.1. The molecule has 0 aliphatic carbocycles. The molecule has 2 heterocycles. The van der Waals surface area contributed by atoms with E-state index in [-0.39, 0.29) is 12.1 Å². The second-order valence-electron chi connectivity index (χ2n) is 6.34. The van der Waals surface area contributed by atoms with Crippen LogP contribution in [0, 0.1) is 0 Å². The quantitative estimate of drug-likeness (QED) is 0.748. The van der Waals surface area contributed by atoms with E-state index in [1.54, 1.807) is 17.4 Å². The monoisotopic (exact) mass is 389 g/mol. The van der Waals surface area contributed by atoms with Gasteiger partial charge in [0.15, 0.2) is 11.5 Å². The van der Waals surface area contributed by atoms with Crippen molar-refractivity contribution in [3.63, 3.8) is 0 Å². The fourth-order valence-electron chi connectivity index (χ4n) is 3.19. The van der Waals surface area contributed by atoms with Crippen molar-refractivity contribution < 1.29 is 14.3 Å². The van der Waals surface area contributed by atoms with Crippen molar-refractivity contribution in [1.82, 2.24) is 10.2 Å². The number of rotatable bonds is 7. The van der Waals surface area contributed by atoms with Gasteiger partial charge in [0, 0.05) is 24.7 Å². The Hall–Kier alpha value is -2.25. The Morgan fingerprint density at radius 2 is 1.96 bits per heavy atom. The van der Waals surface area contributed by atoms with Gasteiger partial charge < -0.3 is 20.1 Å². The number of urea groups is 1. The van der Waals surface area contributed by atoms with Gasteiger partial charge in [-0.05, 0) is 47.6 Å². The summed E-state index contributed by atoms with van der Waals surface area (Å²) in [6.45, 7) is 7.96. The fraction of sp³-hybridized carbons (Fsp3) is 0.450. The van der Waals surface area contributed by atoms with Gasteiger partial charge in [-0.15, -0.1) is 0 Å². The van der Waals surface area contributed by atoms with E-state index >= 15 is 0 Å². The van der Waals surface area contributed by atoms with Crippen LogP contribution in [-0.4, -0.2) is 43.8 Å². The molecule has 2 amide bonds. The molecule has 1 aromatic heterocycles. The molecule has 1 atom stereocenters. The summed E-state index contributed by atoms with van der Waals surface area (Å²) < 4.78 is 11.3. The van der Waals surface area contributed by atoms with Crippen LogP contribution in [0.15, 0.2) is 35.0 Å². The highest BCUT2D eigenvalue weighted by Gasteiger charge is 2.19. The Labute approximate surface area is 164 Å². The van der Waals surface area contributed by atoms with Crippen LogP contribution in [0.5, 0.6) is 11.5 Å². The predicted octanol–water partition coefficient (Wildman–Crippen LogP) is 4.11. The maximum atomic E-state index is 12.4. The molecule has 1 aliphatic heterocycles. The second kappa shape index (κ2) is 9.62. The second-order valence-corrected chi connectivity index (χ2v) is 7.12. The van der Waals surface area contributed by atoms with E-state index < -0.39 is 0 Å². The Bertz CT molecular complexity index is 732. The summed E-state index contributed by atoms with van der Waals surface area (Å²) in [5.41, 5.74) is 1.92. The van der Waals surface area contributed by atoms with Crippen molar-refractivity contribution >= 4 is 23.1 Å². The molecule has 2 N–H and O–H groups in total. The number of carbonyl (C=O) groups is 1. The normalized spacial score (nSPS) is 14.5. The van der Waals surface area contributed by atoms with Gasteiger partial charge in [0.25, 0.3) is 0 Å². The van der Waals surface area contributed by atoms with Gasteiger partial charge in [0.05, 0.1) is 19.3 Å². The summed E-state index contributed by atoms with van der Waals surface area (Å²) >= 11 is 1.68. The first-order chi connectivity index (χ1) is 13.2. The molecule has 2 aromatic rings. The zero-order valence-electron chi connectivity index (χ0n) is 15.9. The van der Waals surface area contributed by atoms with E-state index in [0.29, 0.717) is 31.2 Å². The first-order valence-electron chi connectivity index (χ1n) is 9.42. The Balaban J connectivity index is 1.60. The van der Waals surface area contributed by atoms with E-state index in [0.717, 1.165) is 25.3 Å². The number of nitrogens with zero attached hydrogens (tertiary/aromatic N) is 1. The number of amides is 2. The average Bonchev–Trinajstić information content (AvgIpc) is 3.10. The van der Waals surface area contributed by atoms with Crippen molar-refractivity contribution in [3.05, 3.63) is 40.6 Å². The number of thiophene rings is 1. The van der Waals surface area contributed by atoms with E-state index in [9.17, 15) is 4.79 Å². The summed E-state index contributed by atoms with van der Waals surface area (Å²) in [7, 11) is 0. The fourth-order valence-corrected chi connectivity index (χ4v) is 3.90. The van der Waals surface area contributed by atoms with Gasteiger partial charge in [0.2, 0.25) is 0 Å². The lowest BCUT2D eigenvalue weighted by Crippen LogP contribution is -2.39. The predicted molar refractivity (Wildman–Crippen MR) is 109 cm³/mol. The Morgan fingerprint density at radius 3 is 2.67 bits per heavy atom. The number of carbonyl (C=O) groups excluding carboxylic acids is 1. The summed E-state index contributed by atoms with van der Waals surface area (Å²) in [6.07, 6.45) is 0.854. The molecule has 146 valence electrons. The zero-order valence-corrected chi connectivity index (χ0v) is 16.7. The summed E-state index contributed by atoms with van der Waals surface area (Å²) in [6, 6.07) is 7.53. The minimum atomic E-state index is -0.225. The maximum Gasteiger partial charge on any atom is 0.319 e. The number of fused-ring (bicyclic) bond motifs is 1. The zero-order chi connectivity index (χ0) is 19.1. The largest absolute Gasteiger partial charge is 0.490 e. The van der Waals surface area contributed by atoms with E-state index in [2.05, 4.69) is 46.2 Å². The van der Waals surface area contributed by atoms with E-state index in [1.807, 2.05) is 12.1 Å². The van der Waals surface area contributed by atoms with Crippen LogP contribution in [0.3, 0.4) is 0 Å². The van der Waals surface area contributed by atoms with Gasteiger partial charge in [-0.1, -0.05) is 13.8 Å². The molecule has 0 radical (unpaired) electrons. The minimum absolute atomic E-state index is 0.167. The van der Waals surface area contributed by atoms with Gasteiger partial charge in [-0.2, -0.15) is 11.3 Å². The number of hydrogen-bond acceptors (Lipinski definition) is 5. The minimum Gasteiger partial charge on any atom is -0.490 e. The highest BCUT2D eigenvalue weighted by atomic mass is 32.1. The molecule has 6 nitrogen and oxygen atoms in total. The van der Waals surface area contributed by atoms with Gasteiger partial charge in [0.1, 0.15) is 0 Å². The third-order valence-electron chi connectivity index (χ3n) is 4.64. The molecule has 0 fully saturated rings. The third-order valence-corrected chi connectivity index (χ3v) is 5.34. The highest BCUT2D eigenvalue weighted by Crippen LogP contribution is 2.32. The van der Waals surface area contributed by atoms with Crippen LogP contribution in [0.2, 0.25) is 0 Å². The smallest absolute Gasteiger partial charge is 0.319 e. The first-order valence-corrected chi connectivity index (χ1v) is 10.4. The topological polar surface area (TPSA) is 62.8 Å². The summed E-state index contributed by atoms with van der Waals surface area (Å²) in [4.78, 5) is 14.8. The van der Waals surface area contributed by atoms with Crippen LogP contribution in [0.25, 0.3) is 0 Å². The number of hydrogen-bond donors (Lipinski definition) is 2. The molecule has 27 heavy (non-hydrogen) atoms. The highest BCUT2D eigenvalue weighted by molar-refractivity contribution is 7.07. The van der Waals surface area contributed by atoms with Crippen molar-refractivity contribution in [3.8, 4) is 11.5 Å². The van der Waals surface area contributed by atoms with Crippen molar-refractivity contribution in [1.29, 1.82) is 0 Å². The molecule has 0 saturated carbocycles. The van der Waals surface area contributed by atoms with Gasteiger partial charge >= 0.3 is 6.03 Å². The van der Waals surface area contributed by atoms with Gasteiger partial charge in [-0.25, -0.2) is 4.79 Å². The summed E-state index contributed by atoms with van der Waals surface area (Å²) in [5, 5.41) is 10.1. The SMILES string of the molecule is CCN(CC)[C@H](CNC(=O)Nc1ccc2c(c1)OCCCO2)c1ccsc1. The molecule has 1 aromatic carbocycles. The van der Waals surface area contributed by atoms with E-state index in [1.165, 1.54) is 5.56 Å². The number of nitrogens with one attached hydrogen (secondary N) is 2. The van der Waals surface area contributed by atoms with Crippen LogP contribution in [-0.2, 0) is 0 Å². The van der Waals surface area contributed by atoms with E-state index in [4.69, 9.17) is 9.47 Å². The molecule has 0 saturated heterocycles. The Morgan fingerprint density at radius 1 is 1.19 bits per heavy atom. The molecule has 1 aliphatic rings. The maximum absolute atomic E-state index is 12.4. The van der Waals surface area contributed by atoms with Crippen molar-refractivity contribution in [2.45, 2.75) is 26.3 Å². The summed E-state index contributed by atoms with van der Waals surface area (Å²) in [5.74, 6) is 1.39. The molecule has 0 bridgehead atoms. The number of anilines is 1. The lowest BCUT2D eigenvalue weighted by molar-refractivity contribution is 0.210. The van der Waals surface area contributed by atoms with Crippen molar-refractivity contribution in [2.75, 3.05) is 38.2 Å². The van der Waals surface area contributed by atoms with Crippen LogP contribution in [0.4, 0.5) is 10.5 Å². The van der Waals surface area contributed by atoms with Crippen LogP contribution < -0.4 is 20.1 Å². The molecule has 7 heteroatoms. The van der Waals surface area contributed by atoms with Crippen LogP contribution in [0.1, 0.15) is 31.9 Å². The lowest BCUT2D eigenvalue weighted by Gasteiger charge is -2.29. The third kappa shape index (κ3) is 5.14. The molecule has 0 unspecified atom stereocenters. The molecular formula is C20H27N3O3S. The molecule has 0 spiro atoms.